The van der Waals surface area contributed by atoms with E-state index in [1.165, 1.54) is 12.8 Å². The molecule has 0 N–H and O–H groups in total. The third-order valence-corrected chi connectivity index (χ3v) is 6.61. The van der Waals surface area contributed by atoms with Crippen LogP contribution in [0.5, 0.6) is 0 Å². The standard InChI is InChI=1S/C14H21NO2S/c15-10-14(5-11-1-2-11)6-13(7-14)9-18(16,17)8-12-3-4-12/h11-13H,1-9H2. The van der Waals surface area contributed by atoms with Crippen LogP contribution in [0.1, 0.15) is 44.9 Å². The molecule has 0 atom stereocenters. The maximum atomic E-state index is 11.9. The van der Waals surface area contributed by atoms with E-state index in [0.717, 1.165) is 38.0 Å². The summed E-state index contributed by atoms with van der Waals surface area (Å²) in [5, 5.41) is 9.29. The maximum absolute atomic E-state index is 11.9. The number of hydrogen-bond donors (Lipinski definition) is 0. The molecule has 3 aliphatic rings. The highest BCUT2D eigenvalue weighted by Crippen LogP contribution is 2.53. The van der Waals surface area contributed by atoms with Crippen LogP contribution >= 0.6 is 0 Å². The van der Waals surface area contributed by atoms with Crippen LogP contribution < -0.4 is 0 Å². The van der Waals surface area contributed by atoms with Gasteiger partial charge in [0.2, 0.25) is 0 Å². The van der Waals surface area contributed by atoms with E-state index in [1.807, 2.05) is 0 Å². The lowest BCUT2D eigenvalue weighted by molar-refractivity contribution is 0.114. The van der Waals surface area contributed by atoms with Crippen LogP contribution in [-0.4, -0.2) is 19.9 Å². The molecule has 0 aromatic carbocycles. The third-order valence-electron chi connectivity index (χ3n) is 4.65. The SMILES string of the molecule is N#CC1(CC2CC2)CC(CS(=O)(=O)CC2CC2)C1. The van der Waals surface area contributed by atoms with Gasteiger partial charge in [-0.2, -0.15) is 5.26 Å². The van der Waals surface area contributed by atoms with Gasteiger partial charge in [0.05, 0.1) is 23.0 Å². The second-order valence-electron chi connectivity index (χ2n) is 6.83. The summed E-state index contributed by atoms with van der Waals surface area (Å²) >= 11 is 0. The first-order chi connectivity index (χ1) is 8.50. The average molecular weight is 267 g/mol. The summed E-state index contributed by atoms with van der Waals surface area (Å²) in [6.45, 7) is 0. The molecule has 0 spiro atoms. The summed E-state index contributed by atoms with van der Waals surface area (Å²) < 4.78 is 23.9. The highest BCUT2D eigenvalue weighted by atomic mass is 32.2. The molecular formula is C14H21NO2S. The van der Waals surface area contributed by atoms with Gasteiger partial charge in [-0.1, -0.05) is 12.8 Å². The lowest BCUT2D eigenvalue weighted by Gasteiger charge is -2.42. The van der Waals surface area contributed by atoms with Crippen LogP contribution in [0.4, 0.5) is 0 Å². The van der Waals surface area contributed by atoms with Crippen molar-refractivity contribution in [2.24, 2.45) is 23.2 Å². The van der Waals surface area contributed by atoms with Crippen molar-refractivity contribution in [2.45, 2.75) is 44.9 Å². The number of rotatable bonds is 6. The molecule has 0 amide bonds. The Bertz CT molecular complexity index is 463. The Kier molecular flexibility index (Phi) is 2.93. The van der Waals surface area contributed by atoms with E-state index >= 15 is 0 Å². The summed E-state index contributed by atoms with van der Waals surface area (Å²) in [5.41, 5.74) is -0.166. The first-order valence-corrected chi connectivity index (χ1v) is 8.94. The Morgan fingerprint density at radius 1 is 1.00 bits per heavy atom. The van der Waals surface area contributed by atoms with Crippen molar-refractivity contribution in [2.75, 3.05) is 11.5 Å². The first-order valence-electron chi connectivity index (χ1n) is 7.12. The zero-order valence-electron chi connectivity index (χ0n) is 10.8. The minimum atomic E-state index is -2.86. The molecule has 18 heavy (non-hydrogen) atoms. The minimum Gasteiger partial charge on any atom is -0.229 e. The molecule has 3 saturated carbocycles. The number of sulfone groups is 1. The molecule has 0 heterocycles. The quantitative estimate of drug-likeness (QED) is 0.743. The van der Waals surface area contributed by atoms with E-state index in [9.17, 15) is 13.7 Å². The van der Waals surface area contributed by atoms with E-state index < -0.39 is 9.84 Å². The van der Waals surface area contributed by atoms with E-state index in [-0.39, 0.29) is 11.3 Å². The van der Waals surface area contributed by atoms with Crippen molar-refractivity contribution in [3.63, 3.8) is 0 Å². The van der Waals surface area contributed by atoms with Crippen LogP contribution in [0.25, 0.3) is 0 Å². The molecule has 0 saturated heterocycles. The predicted octanol–water partition coefficient (Wildman–Crippen LogP) is 2.53. The van der Waals surface area contributed by atoms with Crippen molar-refractivity contribution in [1.82, 2.24) is 0 Å². The minimum absolute atomic E-state index is 0.166. The molecule has 0 unspecified atom stereocenters. The fourth-order valence-corrected chi connectivity index (χ4v) is 5.55. The van der Waals surface area contributed by atoms with Crippen molar-refractivity contribution in [3.05, 3.63) is 0 Å². The van der Waals surface area contributed by atoms with Crippen molar-refractivity contribution in [1.29, 1.82) is 5.26 Å². The average Bonchev–Trinajstić information content (AvgIpc) is 3.09. The Balaban J connectivity index is 1.49. The van der Waals surface area contributed by atoms with E-state index in [0.29, 0.717) is 17.4 Å². The van der Waals surface area contributed by atoms with Gasteiger partial charge < -0.3 is 0 Å². The van der Waals surface area contributed by atoms with Gasteiger partial charge in [0, 0.05) is 0 Å². The summed E-state index contributed by atoms with van der Waals surface area (Å²) in [5.74, 6) is 2.19. The van der Waals surface area contributed by atoms with Gasteiger partial charge >= 0.3 is 0 Å². The molecule has 0 aromatic heterocycles. The lowest BCUT2D eigenvalue weighted by Crippen LogP contribution is -2.40. The molecule has 4 heteroatoms. The van der Waals surface area contributed by atoms with E-state index in [2.05, 4.69) is 6.07 Å². The molecule has 3 nitrogen and oxygen atoms in total. The zero-order chi connectivity index (χ0) is 12.8. The Morgan fingerprint density at radius 3 is 2.06 bits per heavy atom. The predicted molar refractivity (Wildman–Crippen MR) is 69.5 cm³/mol. The Hall–Kier alpha value is -0.560. The number of nitriles is 1. The van der Waals surface area contributed by atoms with Gasteiger partial charge in [-0.25, -0.2) is 8.42 Å². The van der Waals surface area contributed by atoms with Crippen molar-refractivity contribution in [3.8, 4) is 6.07 Å². The second-order valence-corrected chi connectivity index (χ2v) is 8.99. The highest BCUT2D eigenvalue weighted by molar-refractivity contribution is 7.91. The molecule has 3 fully saturated rings. The van der Waals surface area contributed by atoms with Gasteiger partial charge in [-0.05, 0) is 49.9 Å². The van der Waals surface area contributed by atoms with Gasteiger partial charge in [-0.3, -0.25) is 0 Å². The largest absolute Gasteiger partial charge is 0.229 e. The Labute approximate surface area is 109 Å². The van der Waals surface area contributed by atoms with Crippen molar-refractivity contribution >= 4 is 9.84 Å². The van der Waals surface area contributed by atoms with Gasteiger partial charge in [0.25, 0.3) is 0 Å². The second kappa shape index (κ2) is 4.23. The summed E-state index contributed by atoms with van der Waals surface area (Å²) in [4.78, 5) is 0. The van der Waals surface area contributed by atoms with Crippen LogP contribution in [0.15, 0.2) is 0 Å². The summed E-state index contributed by atoms with van der Waals surface area (Å²) in [7, 11) is -2.86. The molecule has 3 aliphatic carbocycles. The number of nitrogens with zero attached hydrogens (tertiary/aromatic N) is 1. The van der Waals surface area contributed by atoms with Crippen molar-refractivity contribution < 1.29 is 8.42 Å². The monoisotopic (exact) mass is 267 g/mol. The molecule has 0 bridgehead atoms. The first kappa shape index (κ1) is 12.5. The summed E-state index contributed by atoms with van der Waals surface area (Å²) in [6.07, 6.45) is 7.39. The maximum Gasteiger partial charge on any atom is 0.150 e. The summed E-state index contributed by atoms with van der Waals surface area (Å²) in [6, 6.07) is 2.46. The Morgan fingerprint density at radius 2 is 1.56 bits per heavy atom. The van der Waals surface area contributed by atoms with Crippen LogP contribution in [0.3, 0.4) is 0 Å². The van der Waals surface area contributed by atoms with Crippen LogP contribution in [0, 0.1) is 34.5 Å². The van der Waals surface area contributed by atoms with Crippen LogP contribution in [0.2, 0.25) is 0 Å². The molecular weight excluding hydrogens is 246 g/mol. The molecule has 0 aliphatic heterocycles. The smallest absolute Gasteiger partial charge is 0.150 e. The third kappa shape index (κ3) is 2.88. The topological polar surface area (TPSA) is 57.9 Å². The molecule has 3 rings (SSSR count). The normalized spacial score (nSPS) is 35.8. The highest BCUT2D eigenvalue weighted by Gasteiger charge is 2.48. The molecule has 100 valence electrons. The number of hydrogen-bond acceptors (Lipinski definition) is 3. The fraction of sp³-hybridized carbons (Fsp3) is 0.929. The zero-order valence-corrected chi connectivity index (χ0v) is 11.6. The molecule has 0 aromatic rings. The van der Waals surface area contributed by atoms with E-state index in [1.54, 1.807) is 0 Å². The van der Waals surface area contributed by atoms with Gasteiger partial charge in [0.15, 0.2) is 9.84 Å². The van der Waals surface area contributed by atoms with E-state index in [4.69, 9.17) is 0 Å². The molecule has 0 radical (unpaired) electrons. The van der Waals surface area contributed by atoms with Gasteiger partial charge in [-0.15, -0.1) is 0 Å². The van der Waals surface area contributed by atoms with Gasteiger partial charge in [0.1, 0.15) is 0 Å². The fourth-order valence-electron chi connectivity index (χ4n) is 3.41. The van der Waals surface area contributed by atoms with Crippen LogP contribution in [-0.2, 0) is 9.84 Å². The lowest BCUT2D eigenvalue weighted by atomic mass is 9.61.